The summed E-state index contributed by atoms with van der Waals surface area (Å²) in [5.74, 6) is -0.591. The summed E-state index contributed by atoms with van der Waals surface area (Å²) in [5, 5.41) is -0.00719. The molecule has 0 N–H and O–H groups in total. The Hall–Kier alpha value is -1.82. The van der Waals surface area contributed by atoms with E-state index in [1.54, 1.807) is 0 Å². The molecule has 2 aromatic heterocycles. The fourth-order valence-electron chi connectivity index (χ4n) is 1.44. The van der Waals surface area contributed by atoms with Gasteiger partial charge in [-0.2, -0.15) is 0 Å². The third kappa shape index (κ3) is 3.35. The van der Waals surface area contributed by atoms with Crippen LogP contribution in [0.15, 0.2) is 30.6 Å². The number of hydrogen-bond donors (Lipinski definition) is 0. The second-order valence-corrected chi connectivity index (χ2v) is 3.93. The minimum Gasteiger partial charge on any atom is -0.485 e. The van der Waals surface area contributed by atoms with Gasteiger partial charge in [0.2, 0.25) is 0 Å². The van der Waals surface area contributed by atoms with Crippen molar-refractivity contribution in [3.63, 3.8) is 0 Å². The second kappa shape index (κ2) is 5.88. The van der Waals surface area contributed by atoms with Crippen LogP contribution in [-0.2, 0) is 0 Å². The average molecular weight is 289 g/mol. The minimum absolute atomic E-state index is 0.00719. The van der Waals surface area contributed by atoms with Gasteiger partial charge in [0.1, 0.15) is 29.0 Å². The van der Waals surface area contributed by atoms with Crippen molar-refractivity contribution in [2.24, 2.45) is 0 Å². The zero-order valence-electron chi connectivity index (χ0n) is 9.49. The number of ether oxygens (including phenoxy) is 1. The standard InChI is InChI=1S/C12H8ClF3N2O/c13-10-4-8(14)7(5-18-10)12-9(2-1-3-17-12)19-6-11(15)16/h1-5,11H,6H2. The molecule has 0 fully saturated rings. The van der Waals surface area contributed by atoms with Crippen molar-refractivity contribution < 1.29 is 17.9 Å². The molecule has 0 amide bonds. The number of hydrogen-bond acceptors (Lipinski definition) is 3. The van der Waals surface area contributed by atoms with Crippen LogP contribution in [0.25, 0.3) is 11.3 Å². The fourth-order valence-corrected chi connectivity index (χ4v) is 1.59. The van der Waals surface area contributed by atoms with Gasteiger partial charge in [-0.25, -0.2) is 18.2 Å². The number of pyridine rings is 2. The first-order chi connectivity index (χ1) is 9.08. The minimum atomic E-state index is -2.62. The zero-order valence-corrected chi connectivity index (χ0v) is 10.2. The molecule has 100 valence electrons. The molecule has 2 aromatic rings. The van der Waals surface area contributed by atoms with Crippen molar-refractivity contribution in [2.45, 2.75) is 6.43 Å². The molecular weight excluding hydrogens is 281 g/mol. The Bertz CT molecular complexity index is 581. The number of nitrogens with zero attached hydrogens (tertiary/aromatic N) is 2. The maximum Gasteiger partial charge on any atom is 0.272 e. The first-order valence-corrected chi connectivity index (χ1v) is 5.63. The van der Waals surface area contributed by atoms with Crippen LogP contribution >= 0.6 is 11.6 Å². The van der Waals surface area contributed by atoms with Crippen molar-refractivity contribution in [3.8, 4) is 17.0 Å². The predicted octanol–water partition coefficient (Wildman–Crippen LogP) is 3.58. The number of halogens is 4. The van der Waals surface area contributed by atoms with Gasteiger partial charge in [-0.05, 0) is 12.1 Å². The molecule has 7 heteroatoms. The molecule has 0 saturated carbocycles. The highest BCUT2D eigenvalue weighted by Crippen LogP contribution is 2.30. The summed E-state index contributed by atoms with van der Waals surface area (Å²) in [5.41, 5.74) is 0.138. The van der Waals surface area contributed by atoms with Gasteiger partial charge < -0.3 is 4.74 Å². The van der Waals surface area contributed by atoms with Crippen LogP contribution < -0.4 is 4.74 Å². The molecule has 0 spiro atoms. The van der Waals surface area contributed by atoms with Crippen molar-refractivity contribution in [1.29, 1.82) is 0 Å². The fraction of sp³-hybridized carbons (Fsp3) is 0.167. The lowest BCUT2D eigenvalue weighted by Gasteiger charge is -2.10. The number of alkyl halides is 2. The molecule has 0 saturated heterocycles. The molecule has 19 heavy (non-hydrogen) atoms. The largest absolute Gasteiger partial charge is 0.485 e. The first-order valence-electron chi connectivity index (χ1n) is 5.25. The average Bonchev–Trinajstić information content (AvgIpc) is 2.37. The van der Waals surface area contributed by atoms with E-state index in [2.05, 4.69) is 9.97 Å². The van der Waals surface area contributed by atoms with Crippen LogP contribution in [0.1, 0.15) is 0 Å². The van der Waals surface area contributed by atoms with E-state index >= 15 is 0 Å². The molecule has 0 unspecified atom stereocenters. The van der Waals surface area contributed by atoms with Gasteiger partial charge >= 0.3 is 0 Å². The van der Waals surface area contributed by atoms with Crippen LogP contribution in [0.5, 0.6) is 5.75 Å². The summed E-state index contributed by atoms with van der Waals surface area (Å²) in [6, 6.07) is 3.95. The van der Waals surface area contributed by atoms with Gasteiger partial charge in [-0.1, -0.05) is 11.6 Å². The van der Waals surface area contributed by atoms with Crippen LogP contribution in [-0.4, -0.2) is 23.0 Å². The summed E-state index contributed by atoms with van der Waals surface area (Å²) >= 11 is 5.54. The van der Waals surface area contributed by atoms with Crippen LogP contribution in [0.4, 0.5) is 13.2 Å². The van der Waals surface area contributed by atoms with E-state index in [9.17, 15) is 13.2 Å². The maximum atomic E-state index is 13.7. The summed E-state index contributed by atoms with van der Waals surface area (Å²) < 4.78 is 42.9. The van der Waals surface area contributed by atoms with Crippen molar-refractivity contribution in [1.82, 2.24) is 9.97 Å². The lowest BCUT2D eigenvalue weighted by molar-refractivity contribution is 0.0820. The van der Waals surface area contributed by atoms with E-state index < -0.39 is 18.8 Å². The Morgan fingerprint density at radius 2 is 2.11 bits per heavy atom. The Kier molecular flexibility index (Phi) is 4.21. The van der Waals surface area contributed by atoms with Crippen molar-refractivity contribution >= 4 is 11.6 Å². The van der Waals surface area contributed by atoms with Gasteiger partial charge in [0.25, 0.3) is 6.43 Å². The molecular formula is C12H8ClF3N2O. The Labute approximate surface area is 112 Å². The summed E-state index contributed by atoms with van der Waals surface area (Å²) in [6.07, 6.45) is -0.0466. The van der Waals surface area contributed by atoms with E-state index in [-0.39, 0.29) is 22.2 Å². The van der Waals surface area contributed by atoms with Crippen molar-refractivity contribution in [3.05, 3.63) is 41.6 Å². The monoisotopic (exact) mass is 288 g/mol. The lowest BCUT2D eigenvalue weighted by atomic mass is 10.1. The van der Waals surface area contributed by atoms with E-state index in [4.69, 9.17) is 16.3 Å². The summed E-state index contributed by atoms with van der Waals surface area (Å²) in [7, 11) is 0. The molecule has 2 heterocycles. The highest BCUT2D eigenvalue weighted by molar-refractivity contribution is 6.29. The molecule has 2 rings (SSSR count). The van der Waals surface area contributed by atoms with Gasteiger partial charge in [0.15, 0.2) is 0 Å². The van der Waals surface area contributed by atoms with Gasteiger partial charge in [0, 0.05) is 18.5 Å². The molecule has 0 aliphatic heterocycles. The van der Waals surface area contributed by atoms with Crippen LogP contribution in [0.2, 0.25) is 5.15 Å². The quantitative estimate of drug-likeness (QED) is 0.807. The van der Waals surface area contributed by atoms with Gasteiger partial charge in [-0.15, -0.1) is 0 Å². The Morgan fingerprint density at radius 1 is 1.32 bits per heavy atom. The Balaban J connectivity index is 2.38. The smallest absolute Gasteiger partial charge is 0.272 e. The normalized spacial score (nSPS) is 10.8. The van der Waals surface area contributed by atoms with Crippen molar-refractivity contribution in [2.75, 3.05) is 6.61 Å². The van der Waals surface area contributed by atoms with Crippen LogP contribution in [0.3, 0.4) is 0 Å². The zero-order chi connectivity index (χ0) is 13.8. The molecule has 0 aliphatic rings. The topological polar surface area (TPSA) is 35.0 Å². The third-order valence-corrected chi connectivity index (χ3v) is 2.42. The van der Waals surface area contributed by atoms with Gasteiger partial charge in [0.05, 0.1) is 5.56 Å². The van der Waals surface area contributed by atoms with Gasteiger partial charge in [-0.3, -0.25) is 4.98 Å². The molecule has 0 aromatic carbocycles. The molecule has 0 radical (unpaired) electrons. The highest BCUT2D eigenvalue weighted by atomic mass is 35.5. The van der Waals surface area contributed by atoms with E-state index in [0.29, 0.717) is 0 Å². The lowest BCUT2D eigenvalue weighted by Crippen LogP contribution is -2.08. The second-order valence-electron chi connectivity index (χ2n) is 3.54. The Morgan fingerprint density at radius 3 is 2.79 bits per heavy atom. The SMILES string of the molecule is Fc1cc(Cl)ncc1-c1ncccc1OCC(F)F. The van der Waals surface area contributed by atoms with E-state index in [0.717, 1.165) is 6.07 Å². The first kappa shape index (κ1) is 13.6. The summed E-state index contributed by atoms with van der Waals surface area (Å²) in [6.45, 7) is -0.790. The molecule has 0 aliphatic carbocycles. The van der Waals surface area contributed by atoms with E-state index in [1.165, 1.54) is 24.5 Å². The van der Waals surface area contributed by atoms with Crippen LogP contribution in [0, 0.1) is 5.82 Å². The number of aromatic nitrogens is 2. The summed E-state index contributed by atoms with van der Waals surface area (Å²) in [4.78, 5) is 7.66. The third-order valence-electron chi connectivity index (χ3n) is 2.21. The maximum absolute atomic E-state index is 13.7. The van der Waals surface area contributed by atoms with E-state index in [1.807, 2.05) is 0 Å². The highest BCUT2D eigenvalue weighted by Gasteiger charge is 2.14. The molecule has 0 atom stereocenters. The number of rotatable bonds is 4. The predicted molar refractivity (Wildman–Crippen MR) is 63.9 cm³/mol. The molecule has 0 bridgehead atoms. The molecule has 3 nitrogen and oxygen atoms in total.